The molecular formula is C12H17ClFN. The van der Waals surface area contributed by atoms with Crippen LogP contribution in [0.5, 0.6) is 0 Å². The number of hydrogen-bond donors (Lipinski definition) is 1. The van der Waals surface area contributed by atoms with Crippen molar-refractivity contribution in [1.82, 2.24) is 0 Å². The summed E-state index contributed by atoms with van der Waals surface area (Å²) in [6, 6.07) is 4.84. The highest BCUT2D eigenvalue weighted by Crippen LogP contribution is 2.21. The Morgan fingerprint density at radius 3 is 2.60 bits per heavy atom. The van der Waals surface area contributed by atoms with Crippen LogP contribution < -0.4 is 5.73 Å². The lowest BCUT2D eigenvalue weighted by Gasteiger charge is -2.13. The molecule has 1 atom stereocenters. The molecule has 0 aliphatic rings. The van der Waals surface area contributed by atoms with E-state index < -0.39 is 0 Å². The third-order valence-corrected chi connectivity index (χ3v) is 2.12. The molecule has 1 aromatic carbocycles. The molecule has 0 fully saturated rings. The van der Waals surface area contributed by atoms with Gasteiger partial charge >= 0.3 is 0 Å². The maximum absolute atomic E-state index is 13.4. The normalized spacial score (nSPS) is 11.7. The van der Waals surface area contributed by atoms with Crippen molar-refractivity contribution >= 4 is 12.4 Å². The highest BCUT2D eigenvalue weighted by atomic mass is 35.5. The second-order valence-electron chi connectivity index (χ2n) is 3.79. The molecule has 0 radical (unpaired) electrons. The van der Waals surface area contributed by atoms with Crippen LogP contribution in [0.15, 0.2) is 30.4 Å². The van der Waals surface area contributed by atoms with Gasteiger partial charge in [0.1, 0.15) is 5.82 Å². The van der Waals surface area contributed by atoms with E-state index in [-0.39, 0.29) is 24.3 Å². The molecule has 0 bridgehead atoms. The molecule has 0 spiro atoms. The first-order valence-electron chi connectivity index (χ1n) is 4.66. The number of aryl methyl sites for hydroxylation is 1. The third kappa shape index (κ3) is 4.02. The monoisotopic (exact) mass is 229 g/mol. The number of benzene rings is 1. The predicted molar refractivity (Wildman–Crippen MR) is 64.7 cm³/mol. The molecular weight excluding hydrogens is 213 g/mol. The number of nitrogens with two attached hydrogens (primary N) is 1. The molecule has 84 valence electrons. The highest BCUT2D eigenvalue weighted by molar-refractivity contribution is 5.85. The van der Waals surface area contributed by atoms with E-state index in [1.165, 1.54) is 6.07 Å². The Morgan fingerprint density at radius 2 is 2.13 bits per heavy atom. The fourth-order valence-corrected chi connectivity index (χ4v) is 1.42. The van der Waals surface area contributed by atoms with Crippen molar-refractivity contribution in [2.75, 3.05) is 0 Å². The summed E-state index contributed by atoms with van der Waals surface area (Å²) >= 11 is 0. The molecule has 0 aromatic heterocycles. The Balaban J connectivity index is 0.00000196. The van der Waals surface area contributed by atoms with Gasteiger partial charge in [-0.2, -0.15) is 0 Å². The van der Waals surface area contributed by atoms with Crippen molar-refractivity contribution in [2.45, 2.75) is 26.3 Å². The lowest BCUT2D eigenvalue weighted by molar-refractivity contribution is 0.579. The Kier molecular flexibility index (Phi) is 5.55. The van der Waals surface area contributed by atoms with E-state index in [2.05, 4.69) is 6.58 Å². The molecule has 0 aliphatic heterocycles. The molecule has 0 heterocycles. The zero-order valence-corrected chi connectivity index (χ0v) is 9.90. The lowest BCUT2D eigenvalue weighted by atomic mass is 10.00. The molecule has 0 saturated carbocycles. The van der Waals surface area contributed by atoms with Crippen molar-refractivity contribution < 1.29 is 4.39 Å². The van der Waals surface area contributed by atoms with Crippen LogP contribution in [-0.2, 0) is 0 Å². The Hall–Kier alpha value is -0.860. The second kappa shape index (κ2) is 5.89. The van der Waals surface area contributed by atoms with Gasteiger partial charge in [-0.3, -0.25) is 0 Å². The van der Waals surface area contributed by atoms with Crippen molar-refractivity contribution in [1.29, 1.82) is 0 Å². The SMILES string of the molecule is C=C(C)C[C@@H](N)c1ccc(C)cc1F.Cl. The fourth-order valence-electron chi connectivity index (χ4n) is 1.42. The van der Waals surface area contributed by atoms with E-state index in [4.69, 9.17) is 5.73 Å². The van der Waals surface area contributed by atoms with Gasteiger partial charge in [-0.15, -0.1) is 19.0 Å². The van der Waals surface area contributed by atoms with E-state index in [1.807, 2.05) is 19.9 Å². The quantitative estimate of drug-likeness (QED) is 0.789. The molecule has 0 amide bonds. The molecule has 1 rings (SSSR count). The lowest BCUT2D eigenvalue weighted by Crippen LogP contribution is -2.12. The van der Waals surface area contributed by atoms with Gasteiger partial charge in [0.15, 0.2) is 0 Å². The van der Waals surface area contributed by atoms with Crippen molar-refractivity contribution in [2.24, 2.45) is 5.73 Å². The van der Waals surface area contributed by atoms with Gasteiger partial charge in [-0.1, -0.05) is 17.7 Å². The Morgan fingerprint density at radius 1 is 1.53 bits per heavy atom. The highest BCUT2D eigenvalue weighted by Gasteiger charge is 2.10. The van der Waals surface area contributed by atoms with E-state index in [9.17, 15) is 4.39 Å². The predicted octanol–water partition coefficient (Wildman–Crippen LogP) is 3.52. The van der Waals surface area contributed by atoms with Crippen LogP contribution >= 0.6 is 12.4 Å². The van der Waals surface area contributed by atoms with Gasteiger partial charge in [0, 0.05) is 11.6 Å². The smallest absolute Gasteiger partial charge is 0.128 e. The minimum atomic E-state index is -0.284. The first kappa shape index (κ1) is 14.1. The Labute approximate surface area is 96.6 Å². The minimum Gasteiger partial charge on any atom is -0.324 e. The van der Waals surface area contributed by atoms with Crippen LogP contribution in [-0.4, -0.2) is 0 Å². The van der Waals surface area contributed by atoms with E-state index in [0.29, 0.717) is 12.0 Å². The summed E-state index contributed by atoms with van der Waals surface area (Å²) in [6.45, 7) is 7.52. The average Bonchev–Trinajstić information content (AvgIpc) is 2.01. The zero-order valence-electron chi connectivity index (χ0n) is 9.09. The zero-order chi connectivity index (χ0) is 10.7. The summed E-state index contributed by atoms with van der Waals surface area (Å²) < 4.78 is 13.4. The molecule has 0 saturated heterocycles. The fraction of sp³-hybridized carbons (Fsp3) is 0.333. The maximum atomic E-state index is 13.4. The summed E-state index contributed by atoms with van der Waals surface area (Å²) in [5.41, 5.74) is 8.29. The molecule has 0 unspecified atom stereocenters. The number of halogens is 2. The van der Waals surface area contributed by atoms with Gasteiger partial charge in [0.05, 0.1) is 0 Å². The third-order valence-electron chi connectivity index (χ3n) is 2.12. The molecule has 0 aliphatic carbocycles. The standard InChI is InChI=1S/C12H16FN.ClH/c1-8(2)6-12(14)10-5-4-9(3)7-11(10)13;/h4-5,7,12H,1,6,14H2,2-3H3;1H/t12-;/m1./s1. The largest absolute Gasteiger partial charge is 0.324 e. The van der Waals surface area contributed by atoms with Crippen LogP contribution in [0.1, 0.15) is 30.5 Å². The summed E-state index contributed by atoms with van der Waals surface area (Å²) in [6.07, 6.45) is 0.625. The minimum absolute atomic E-state index is 0. The first-order valence-corrected chi connectivity index (χ1v) is 4.66. The van der Waals surface area contributed by atoms with Crippen LogP contribution in [0.25, 0.3) is 0 Å². The first-order chi connectivity index (χ1) is 6.50. The molecule has 15 heavy (non-hydrogen) atoms. The van der Waals surface area contributed by atoms with Crippen LogP contribution in [0, 0.1) is 12.7 Å². The van der Waals surface area contributed by atoms with Gasteiger partial charge in [-0.25, -0.2) is 4.39 Å². The van der Waals surface area contributed by atoms with Crippen molar-refractivity contribution in [3.05, 3.63) is 47.3 Å². The van der Waals surface area contributed by atoms with Gasteiger partial charge in [0.25, 0.3) is 0 Å². The molecule has 2 N–H and O–H groups in total. The molecule has 3 heteroatoms. The van der Waals surface area contributed by atoms with Gasteiger partial charge in [0.2, 0.25) is 0 Å². The van der Waals surface area contributed by atoms with Crippen molar-refractivity contribution in [3.8, 4) is 0 Å². The number of hydrogen-bond acceptors (Lipinski definition) is 1. The molecule has 1 aromatic rings. The van der Waals surface area contributed by atoms with E-state index in [1.54, 1.807) is 6.07 Å². The van der Waals surface area contributed by atoms with Crippen molar-refractivity contribution in [3.63, 3.8) is 0 Å². The van der Waals surface area contributed by atoms with E-state index >= 15 is 0 Å². The van der Waals surface area contributed by atoms with E-state index in [0.717, 1.165) is 11.1 Å². The van der Waals surface area contributed by atoms with Crippen LogP contribution in [0.4, 0.5) is 4.39 Å². The van der Waals surface area contributed by atoms with Gasteiger partial charge in [-0.05, 0) is 31.9 Å². The summed E-state index contributed by atoms with van der Waals surface area (Å²) in [5, 5.41) is 0. The average molecular weight is 230 g/mol. The summed E-state index contributed by atoms with van der Waals surface area (Å²) in [7, 11) is 0. The Bertz CT molecular complexity index is 349. The maximum Gasteiger partial charge on any atom is 0.128 e. The van der Waals surface area contributed by atoms with Gasteiger partial charge < -0.3 is 5.73 Å². The summed E-state index contributed by atoms with van der Waals surface area (Å²) in [4.78, 5) is 0. The molecule has 1 nitrogen and oxygen atoms in total. The summed E-state index contributed by atoms with van der Waals surface area (Å²) in [5.74, 6) is -0.223. The van der Waals surface area contributed by atoms with Crippen LogP contribution in [0.2, 0.25) is 0 Å². The second-order valence-corrected chi connectivity index (χ2v) is 3.79. The van der Waals surface area contributed by atoms with Crippen LogP contribution in [0.3, 0.4) is 0 Å². The number of rotatable bonds is 3. The topological polar surface area (TPSA) is 26.0 Å².